The molecule has 25 heavy (non-hydrogen) atoms. The Kier molecular flexibility index (Phi) is 6.52. The van der Waals surface area contributed by atoms with Crippen molar-refractivity contribution in [2.24, 2.45) is 0 Å². The van der Waals surface area contributed by atoms with E-state index in [1.807, 2.05) is 6.92 Å². The van der Waals surface area contributed by atoms with Crippen LogP contribution in [0.4, 0.5) is 0 Å². The molecule has 0 amide bonds. The fraction of sp³-hybridized carbons (Fsp3) is 0.333. The van der Waals surface area contributed by atoms with Gasteiger partial charge in [-0.15, -0.1) is 11.8 Å². The molecular weight excluding hydrogens is 344 g/mol. The number of thioether (sulfide) groups is 1. The molecule has 0 spiro atoms. The summed E-state index contributed by atoms with van der Waals surface area (Å²) in [6.07, 6.45) is 4.15. The van der Waals surface area contributed by atoms with Crippen molar-refractivity contribution in [3.05, 3.63) is 40.8 Å². The minimum Gasteiger partial charge on any atom is -0.506 e. The summed E-state index contributed by atoms with van der Waals surface area (Å²) in [5, 5.41) is 10.5. The molecular formula is C18H20O6S. The quantitative estimate of drug-likeness (QED) is 0.273. The van der Waals surface area contributed by atoms with Crippen molar-refractivity contribution in [3.8, 4) is 11.5 Å². The number of benzene rings is 1. The van der Waals surface area contributed by atoms with E-state index in [0.717, 1.165) is 6.08 Å². The van der Waals surface area contributed by atoms with E-state index in [0.29, 0.717) is 28.6 Å². The monoisotopic (exact) mass is 364 g/mol. The molecule has 1 aliphatic rings. The van der Waals surface area contributed by atoms with E-state index in [1.54, 1.807) is 31.4 Å². The van der Waals surface area contributed by atoms with Crippen LogP contribution in [0.3, 0.4) is 0 Å². The van der Waals surface area contributed by atoms with Gasteiger partial charge in [0.2, 0.25) is 0 Å². The molecule has 1 aromatic rings. The van der Waals surface area contributed by atoms with E-state index >= 15 is 0 Å². The molecule has 0 aliphatic carbocycles. The highest BCUT2D eigenvalue weighted by molar-refractivity contribution is 8.02. The second-order valence-electron chi connectivity index (χ2n) is 5.24. The van der Waals surface area contributed by atoms with Gasteiger partial charge >= 0.3 is 5.97 Å². The molecule has 2 rings (SSSR count). The molecule has 0 bridgehead atoms. The predicted molar refractivity (Wildman–Crippen MR) is 95.9 cm³/mol. The molecule has 134 valence electrons. The van der Waals surface area contributed by atoms with Gasteiger partial charge in [-0.1, -0.05) is 0 Å². The molecule has 1 aromatic carbocycles. The summed E-state index contributed by atoms with van der Waals surface area (Å²) < 4.78 is 15.9. The van der Waals surface area contributed by atoms with Crippen LogP contribution in [0.1, 0.15) is 19.4 Å². The third kappa shape index (κ3) is 4.79. The van der Waals surface area contributed by atoms with E-state index < -0.39 is 11.8 Å². The highest BCUT2D eigenvalue weighted by atomic mass is 32.2. The molecule has 0 saturated heterocycles. The molecule has 7 heteroatoms. The van der Waals surface area contributed by atoms with E-state index in [1.165, 1.54) is 17.8 Å². The fourth-order valence-electron chi connectivity index (χ4n) is 2.13. The second-order valence-corrected chi connectivity index (χ2v) is 6.08. The molecule has 0 radical (unpaired) electrons. The fourth-order valence-corrected chi connectivity index (χ4v) is 2.65. The van der Waals surface area contributed by atoms with Crippen LogP contribution in [0, 0.1) is 0 Å². The number of ketones is 1. The molecule has 1 atom stereocenters. The number of aliphatic hydroxyl groups is 1. The maximum atomic E-state index is 11.6. The van der Waals surface area contributed by atoms with Gasteiger partial charge in [0, 0.05) is 10.5 Å². The number of rotatable bonds is 6. The molecule has 1 heterocycles. The van der Waals surface area contributed by atoms with E-state index in [4.69, 9.17) is 9.47 Å². The van der Waals surface area contributed by atoms with Gasteiger partial charge in [0.25, 0.3) is 5.78 Å². The van der Waals surface area contributed by atoms with Crippen LogP contribution in [0.2, 0.25) is 0 Å². The SMILES string of the molecule is CCOC(=O)C(=O)C=CC(SC)=C(O)c1ccc2c(c1)OC(C)CO2. The summed E-state index contributed by atoms with van der Waals surface area (Å²) in [5.41, 5.74) is 0.522. The van der Waals surface area contributed by atoms with E-state index in [9.17, 15) is 14.7 Å². The lowest BCUT2D eigenvalue weighted by molar-refractivity contribution is -0.151. The molecule has 1 N–H and O–H groups in total. The zero-order valence-corrected chi connectivity index (χ0v) is 15.1. The Labute approximate surface area is 150 Å². The number of fused-ring (bicyclic) bond motifs is 1. The smallest absolute Gasteiger partial charge is 0.379 e. The third-order valence-electron chi connectivity index (χ3n) is 3.33. The summed E-state index contributed by atoms with van der Waals surface area (Å²) in [6.45, 7) is 4.12. The summed E-state index contributed by atoms with van der Waals surface area (Å²) in [7, 11) is 0. The zero-order valence-electron chi connectivity index (χ0n) is 14.3. The molecule has 0 fully saturated rings. The number of hydrogen-bond acceptors (Lipinski definition) is 7. The van der Waals surface area contributed by atoms with Crippen molar-refractivity contribution in [3.63, 3.8) is 0 Å². The largest absolute Gasteiger partial charge is 0.506 e. The van der Waals surface area contributed by atoms with Gasteiger partial charge in [0.1, 0.15) is 18.5 Å². The number of esters is 1. The van der Waals surface area contributed by atoms with Gasteiger partial charge in [-0.05, 0) is 50.5 Å². The first-order valence-corrected chi connectivity index (χ1v) is 8.99. The molecule has 6 nitrogen and oxygen atoms in total. The van der Waals surface area contributed by atoms with Crippen molar-refractivity contribution < 1.29 is 28.9 Å². The average Bonchev–Trinajstić information content (AvgIpc) is 2.61. The van der Waals surface area contributed by atoms with Crippen LogP contribution < -0.4 is 9.47 Å². The number of hydrogen-bond donors (Lipinski definition) is 1. The number of carbonyl (C=O) groups excluding carboxylic acids is 2. The third-order valence-corrected chi connectivity index (χ3v) is 4.10. The van der Waals surface area contributed by atoms with Gasteiger partial charge < -0.3 is 19.3 Å². The Hall–Kier alpha value is -2.41. The van der Waals surface area contributed by atoms with Crippen LogP contribution in [-0.2, 0) is 14.3 Å². The first kappa shape index (κ1) is 18.9. The van der Waals surface area contributed by atoms with Crippen LogP contribution in [-0.4, -0.2) is 42.4 Å². The Morgan fingerprint density at radius 2 is 2.12 bits per heavy atom. The second kappa shape index (κ2) is 8.62. The molecule has 1 unspecified atom stereocenters. The zero-order chi connectivity index (χ0) is 18.4. The highest BCUT2D eigenvalue weighted by Gasteiger charge is 2.19. The van der Waals surface area contributed by atoms with Gasteiger partial charge in [0.05, 0.1) is 6.61 Å². The predicted octanol–water partition coefficient (Wildman–Crippen LogP) is 3.12. The Morgan fingerprint density at radius 3 is 2.80 bits per heavy atom. The molecule has 1 aliphatic heterocycles. The van der Waals surface area contributed by atoms with Crippen molar-refractivity contribution in [2.75, 3.05) is 19.5 Å². The van der Waals surface area contributed by atoms with Crippen molar-refractivity contribution in [1.29, 1.82) is 0 Å². The Morgan fingerprint density at radius 1 is 1.36 bits per heavy atom. The van der Waals surface area contributed by atoms with Gasteiger partial charge in [-0.2, -0.15) is 0 Å². The summed E-state index contributed by atoms with van der Waals surface area (Å²) in [5.74, 6) is -0.558. The maximum Gasteiger partial charge on any atom is 0.379 e. The van der Waals surface area contributed by atoms with Crippen molar-refractivity contribution in [2.45, 2.75) is 20.0 Å². The minimum atomic E-state index is -0.924. The van der Waals surface area contributed by atoms with Crippen LogP contribution in [0.15, 0.2) is 35.3 Å². The normalized spacial score (nSPS) is 17.2. The molecule has 0 saturated carbocycles. The number of aliphatic hydroxyl groups excluding tert-OH is 1. The summed E-state index contributed by atoms with van der Waals surface area (Å²) in [4.78, 5) is 23.4. The maximum absolute atomic E-state index is 11.6. The number of carbonyl (C=O) groups is 2. The van der Waals surface area contributed by atoms with E-state index in [2.05, 4.69) is 4.74 Å². The average molecular weight is 364 g/mol. The van der Waals surface area contributed by atoms with Crippen molar-refractivity contribution >= 4 is 29.3 Å². The number of allylic oxidation sites excluding steroid dienone is 1. The lowest BCUT2D eigenvalue weighted by Crippen LogP contribution is -2.25. The van der Waals surface area contributed by atoms with Crippen LogP contribution >= 0.6 is 11.8 Å². The first-order chi connectivity index (χ1) is 12.0. The first-order valence-electron chi connectivity index (χ1n) is 7.76. The summed E-state index contributed by atoms with van der Waals surface area (Å²) in [6, 6.07) is 5.10. The van der Waals surface area contributed by atoms with Crippen molar-refractivity contribution in [1.82, 2.24) is 0 Å². The van der Waals surface area contributed by atoms with Gasteiger partial charge in [-0.3, -0.25) is 4.79 Å². The standard InChI is InChI=1S/C18H20O6S/c1-4-22-18(21)13(19)6-8-16(25-3)17(20)12-5-7-14-15(9-12)24-11(2)10-23-14/h5-9,11,20H,4,10H2,1-3H3. The molecule has 0 aromatic heterocycles. The van der Waals surface area contributed by atoms with Gasteiger partial charge in [0.15, 0.2) is 11.5 Å². The number of ether oxygens (including phenoxy) is 3. The highest BCUT2D eigenvalue weighted by Crippen LogP contribution is 2.35. The Balaban J connectivity index is 2.25. The Bertz CT molecular complexity index is 722. The van der Waals surface area contributed by atoms with Crippen LogP contribution in [0.25, 0.3) is 5.76 Å². The summed E-state index contributed by atoms with van der Waals surface area (Å²) >= 11 is 1.24. The van der Waals surface area contributed by atoms with Crippen LogP contribution in [0.5, 0.6) is 11.5 Å². The lowest BCUT2D eigenvalue weighted by atomic mass is 10.1. The minimum absolute atomic E-state index is 0.0231. The van der Waals surface area contributed by atoms with Gasteiger partial charge in [-0.25, -0.2) is 4.79 Å². The topological polar surface area (TPSA) is 82.1 Å². The van der Waals surface area contributed by atoms with E-state index in [-0.39, 0.29) is 18.5 Å². The lowest BCUT2D eigenvalue weighted by Gasteiger charge is -2.24.